The standard InChI is InChI=1S/C35H26N4O11S2/c40-31-27(51(45,46)47)17-11-19-3-1-5-25(29(19)31)38-33(42)21-7-13-23(14-8-21)36-35(44)37-24-15-9-22(10-16-24)34(43)39-26-6-2-4-20-12-18-28(52(48,49)50)32(41)30(20)26/h1-18,40-41H,(H,38,42)(H,39,43)(H2,36,37,44)(H,45,46,47)(H,48,49,50). The van der Waals surface area contributed by atoms with Crippen molar-refractivity contribution in [3.8, 4) is 11.5 Å². The summed E-state index contributed by atoms with van der Waals surface area (Å²) in [7, 11) is -9.46. The molecule has 6 aromatic carbocycles. The number of carbonyl (C=O) groups excluding carboxylic acids is 3. The van der Waals surface area contributed by atoms with E-state index in [0.717, 1.165) is 12.1 Å². The Bertz CT molecular complexity index is 2460. The van der Waals surface area contributed by atoms with E-state index < -0.39 is 59.4 Å². The molecule has 0 aromatic heterocycles. The summed E-state index contributed by atoms with van der Waals surface area (Å²) in [4.78, 5) is 37.2. The highest BCUT2D eigenvalue weighted by Crippen LogP contribution is 2.38. The Morgan fingerprint density at radius 1 is 0.462 bits per heavy atom. The first-order chi connectivity index (χ1) is 24.6. The van der Waals surface area contributed by atoms with Gasteiger partial charge in [-0.1, -0.05) is 36.4 Å². The van der Waals surface area contributed by atoms with Gasteiger partial charge in [0, 0.05) is 33.3 Å². The van der Waals surface area contributed by atoms with Crippen molar-refractivity contribution in [1.82, 2.24) is 0 Å². The van der Waals surface area contributed by atoms with E-state index in [0.29, 0.717) is 22.1 Å². The highest BCUT2D eigenvalue weighted by atomic mass is 32.2. The van der Waals surface area contributed by atoms with Crippen molar-refractivity contribution < 1.29 is 50.5 Å². The van der Waals surface area contributed by atoms with Crippen LogP contribution >= 0.6 is 0 Å². The van der Waals surface area contributed by atoms with Crippen molar-refractivity contribution in [3.05, 3.63) is 120 Å². The molecule has 0 aliphatic carbocycles. The number of amides is 4. The van der Waals surface area contributed by atoms with E-state index in [1.165, 1.54) is 72.8 Å². The quantitative estimate of drug-likeness (QED) is 0.0834. The largest absolute Gasteiger partial charge is 0.506 e. The van der Waals surface area contributed by atoms with Gasteiger partial charge in [0.25, 0.3) is 32.1 Å². The number of nitrogens with one attached hydrogen (secondary N) is 4. The predicted molar refractivity (Wildman–Crippen MR) is 192 cm³/mol. The Labute approximate surface area is 295 Å². The Hall–Kier alpha value is -6.53. The highest BCUT2D eigenvalue weighted by molar-refractivity contribution is 7.86. The van der Waals surface area contributed by atoms with Crippen LogP contribution in [0.5, 0.6) is 11.5 Å². The van der Waals surface area contributed by atoms with Gasteiger partial charge in [-0.2, -0.15) is 16.8 Å². The lowest BCUT2D eigenvalue weighted by atomic mass is 10.1. The number of benzene rings is 6. The molecule has 8 N–H and O–H groups in total. The number of hydrogen-bond donors (Lipinski definition) is 8. The molecule has 15 nitrogen and oxygen atoms in total. The lowest BCUT2D eigenvalue weighted by Gasteiger charge is -2.13. The molecule has 0 saturated heterocycles. The van der Waals surface area contributed by atoms with Crippen molar-refractivity contribution >= 4 is 82.4 Å². The van der Waals surface area contributed by atoms with Gasteiger partial charge >= 0.3 is 6.03 Å². The smallest absolute Gasteiger partial charge is 0.323 e. The zero-order valence-electron chi connectivity index (χ0n) is 26.4. The third-order valence-electron chi connectivity index (χ3n) is 7.82. The van der Waals surface area contributed by atoms with E-state index in [4.69, 9.17) is 0 Å². The van der Waals surface area contributed by atoms with Crippen LogP contribution < -0.4 is 21.3 Å². The number of fused-ring (bicyclic) bond motifs is 2. The third-order valence-corrected chi connectivity index (χ3v) is 9.59. The summed E-state index contributed by atoms with van der Waals surface area (Å²) < 4.78 is 65.5. The van der Waals surface area contributed by atoms with Gasteiger partial charge in [0.2, 0.25) is 0 Å². The SMILES string of the molecule is O=C(Nc1ccc(C(=O)Nc2cccc3ccc(S(=O)(=O)O)c(O)c23)cc1)Nc1ccc(C(=O)Nc2cccc3ccc(S(=O)(=O)O)c(O)c23)cc1. The number of phenols is 2. The highest BCUT2D eigenvalue weighted by Gasteiger charge is 2.22. The lowest BCUT2D eigenvalue weighted by Crippen LogP contribution is -2.20. The fraction of sp³-hybridized carbons (Fsp3) is 0. The van der Waals surface area contributed by atoms with Crippen LogP contribution in [0.4, 0.5) is 27.5 Å². The zero-order chi connectivity index (χ0) is 37.4. The number of hydrogen-bond acceptors (Lipinski definition) is 9. The van der Waals surface area contributed by atoms with Crippen LogP contribution in [0.25, 0.3) is 21.5 Å². The van der Waals surface area contributed by atoms with Gasteiger partial charge in [-0.25, -0.2) is 4.79 Å². The molecular weight excluding hydrogens is 717 g/mol. The second-order valence-electron chi connectivity index (χ2n) is 11.2. The molecule has 52 heavy (non-hydrogen) atoms. The summed E-state index contributed by atoms with van der Waals surface area (Å²) in [6, 6.07) is 25.0. The third kappa shape index (κ3) is 7.32. The maximum absolute atomic E-state index is 13.0. The van der Waals surface area contributed by atoms with Crippen molar-refractivity contribution in [3.63, 3.8) is 0 Å². The van der Waals surface area contributed by atoms with Crippen molar-refractivity contribution in [2.75, 3.05) is 21.3 Å². The molecule has 17 heteroatoms. The Morgan fingerprint density at radius 3 is 1.17 bits per heavy atom. The number of phenolic OH excluding ortho intramolecular Hbond substituents is 2. The molecule has 0 radical (unpaired) electrons. The number of rotatable bonds is 8. The van der Waals surface area contributed by atoms with E-state index in [1.54, 1.807) is 24.3 Å². The fourth-order valence-electron chi connectivity index (χ4n) is 5.40. The minimum Gasteiger partial charge on any atom is -0.506 e. The van der Waals surface area contributed by atoms with E-state index >= 15 is 0 Å². The average Bonchev–Trinajstić information content (AvgIpc) is 3.08. The second-order valence-corrected chi connectivity index (χ2v) is 14.0. The van der Waals surface area contributed by atoms with Gasteiger partial charge in [0.15, 0.2) is 0 Å². The molecule has 6 rings (SSSR count). The molecule has 0 aliphatic heterocycles. The van der Waals surface area contributed by atoms with Gasteiger partial charge in [-0.05, 0) is 83.6 Å². The van der Waals surface area contributed by atoms with Gasteiger partial charge in [-0.3, -0.25) is 18.7 Å². The van der Waals surface area contributed by atoms with Crippen molar-refractivity contribution in [1.29, 1.82) is 0 Å². The monoisotopic (exact) mass is 742 g/mol. The van der Waals surface area contributed by atoms with Crippen LogP contribution in [0.2, 0.25) is 0 Å². The average molecular weight is 743 g/mol. The molecule has 0 unspecified atom stereocenters. The summed E-state index contributed by atoms with van der Waals surface area (Å²) in [5.41, 5.74) is 1.16. The van der Waals surface area contributed by atoms with E-state index in [-0.39, 0.29) is 33.3 Å². The van der Waals surface area contributed by atoms with Gasteiger partial charge in [0.1, 0.15) is 21.3 Å². The number of anilines is 4. The maximum atomic E-state index is 13.0. The first kappa shape index (κ1) is 35.3. The summed E-state index contributed by atoms with van der Waals surface area (Å²) in [6.45, 7) is 0. The summed E-state index contributed by atoms with van der Waals surface area (Å²) in [5, 5.41) is 32.4. The molecule has 0 fully saturated rings. The van der Waals surface area contributed by atoms with Crippen LogP contribution in [0.15, 0.2) is 119 Å². The second kappa shape index (κ2) is 13.6. The van der Waals surface area contributed by atoms with Crippen molar-refractivity contribution in [2.24, 2.45) is 0 Å². The normalized spacial score (nSPS) is 11.6. The van der Waals surface area contributed by atoms with E-state index in [2.05, 4.69) is 21.3 Å². The first-order valence-electron chi connectivity index (χ1n) is 15.0. The van der Waals surface area contributed by atoms with Crippen LogP contribution in [0.1, 0.15) is 20.7 Å². The molecule has 0 spiro atoms. The Morgan fingerprint density at radius 2 is 0.827 bits per heavy atom. The molecule has 0 bridgehead atoms. The van der Waals surface area contributed by atoms with Gasteiger partial charge in [-0.15, -0.1) is 0 Å². The van der Waals surface area contributed by atoms with Crippen LogP contribution in [-0.4, -0.2) is 54.0 Å². The van der Waals surface area contributed by atoms with Crippen LogP contribution in [-0.2, 0) is 20.2 Å². The predicted octanol–water partition coefficient (Wildman–Crippen LogP) is 6.05. The summed E-state index contributed by atoms with van der Waals surface area (Å²) >= 11 is 0. The van der Waals surface area contributed by atoms with Gasteiger partial charge < -0.3 is 31.5 Å². The minimum absolute atomic E-state index is 0.0107. The fourth-order valence-corrected chi connectivity index (χ4v) is 6.57. The first-order valence-corrected chi connectivity index (χ1v) is 17.8. The van der Waals surface area contributed by atoms with E-state index in [9.17, 15) is 50.5 Å². The molecule has 0 heterocycles. The van der Waals surface area contributed by atoms with Crippen LogP contribution in [0, 0.1) is 0 Å². The van der Waals surface area contributed by atoms with Crippen molar-refractivity contribution in [2.45, 2.75) is 9.79 Å². The Balaban J connectivity index is 1.09. The molecule has 0 aliphatic rings. The molecule has 0 atom stereocenters. The molecule has 0 saturated carbocycles. The number of aromatic hydroxyl groups is 2. The molecule has 6 aromatic rings. The maximum Gasteiger partial charge on any atom is 0.323 e. The lowest BCUT2D eigenvalue weighted by molar-refractivity contribution is 0.101. The number of urea groups is 1. The van der Waals surface area contributed by atoms with E-state index in [1.807, 2.05) is 0 Å². The molecule has 4 amide bonds. The Kier molecular flexibility index (Phi) is 9.26. The zero-order valence-corrected chi connectivity index (χ0v) is 28.0. The summed E-state index contributed by atoms with van der Waals surface area (Å²) in [6.07, 6.45) is 0. The minimum atomic E-state index is -4.73. The topological polar surface area (TPSA) is 249 Å². The molecule has 264 valence electrons. The van der Waals surface area contributed by atoms with Crippen LogP contribution in [0.3, 0.4) is 0 Å². The number of carbonyl (C=O) groups is 3. The van der Waals surface area contributed by atoms with Gasteiger partial charge in [0.05, 0.1) is 11.4 Å². The molecular formula is C35H26N4O11S2. The summed E-state index contributed by atoms with van der Waals surface area (Å²) in [5.74, 6) is -2.66.